The summed E-state index contributed by atoms with van der Waals surface area (Å²) in [6.45, 7) is 8.53. The number of pyridine rings is 1. The van der Waals surface area contributed by atoms with Gasteiger partial charge in [0.1, 0.15) is 4.90 Å². The quantitative estimate of drug-likeness (QED) is 0.728. The van der Waals surface area contributed by atoms with E-state index in [1.165, 1.54) is 22.8 Å². The molecule has 1 fully saturated rings. The normalized spacial score (nSPS) is 16.7. The molecular formula is C21H29N3O4S2. The summed E-state index contributed by atoms with van der Waals surface area (Å²) in [6.07, 6.45) is 4.10. The summed E-state index contributed by atoms with van der Waals surface area (Å²) in [5, 5.41) is 0. The number of aromatic nitrogens is 1. The molecular weight excluding hydrogens is 422 g/mol. The van der Waals surface area contributed by atoms with Gasteiger partial charge in [-0.05, 0) is 80.8 Å². The molecule has 164 valence electrons. The summed E-state index contributed by atoms with van der Waals surface area (Å²) in [5.74, 6) is 0.0895. The Kier molecular flexibility index (Phi) is 6.66. The van der Waals surface area contributed by atoms with Gasteiger partial charge in [-0.25, -0.2) is 21.6 Å². The predicted molar refractivity (Wildman–Crippen MR) is 116 cm³/mol. The van der Waals surface area contributed by atoms with Gasteiger partial charge < -0.3 is 0 Å². The second-order valence-electron chi connectivity index (χ2n) is 7.98. The molecule has 2 aromatic rings. The predicted octanol–water partition coefficient (Wildman–Crippen LogP) is 2.69. The number of nitrogens with one attached hydrogen (secondary N) is 1. The SMILES string of the molecule is Cc1cc(C)c(C)c(S(=O)(=O)NCC2CCN(S(=O)(=O)c3cccnc3)CC2)c1C. The topological polar surface area (TPSA) is 96.4 Å². The van der Waals surface area contributed by atoms with Crippen molar-refractivity contribution in [3.05, 3.63) is 52.8 Å². The molecule has 0 aliphatic carbocycles. The van der Waals surface area contributed by atoms with Crippen LogP contribution in [0, 0.1) is 33.6 Å². The molecule has 30 heavy (non-hydrogen) atoms. The van der Waals surface area contributed by atoms with Crippen LogP contribution in [-0.2, 0) is 20.0 Å². The molecule has 0 spiro atoms. The third kappa shape index (κ3) is 4.59. The van der Waals surface area contributed by atoms with E-state index in [4.69, 9.17) is 0 Å². The van der Waals surface area contributed by atoms with Gasteiger partial charge in [-0.2, -0.15) is 4.31 Å². The highest BCUT2D eigenvalue weighted by Crippen LogP contribution is 2.27. The van der Waals surface area contributed by atoms with E-state index >= 15 is 0 Å². The monoisotopic (exact) mass is 451 g/mol. The van der Waals surface area contributed by atoms with Crippen molar-refractivity contribution in [1.29, 1.82) is 0 Å². The van der Waals surface area contributed by atoms with E-state index in [0.29, 0.717) is 37.4 Å². The second-order valence-corrected chi connectivity index (χ2v) is 11.6. The maximum absolute atomic E-state index is 13.0. The molecule has 1 aliphatic rings. The van der Waals surface area contributed by atoms with Gasteiger partial charge in [0, 0.05) is 32.0 Å². The Labute approximate surface area is 179 Å². The molecule has 1 saturated heterocycles. The van der Waals surface area contributed by atoms with E-state index in [1.807, 2.05) is 33.8 Å². The lowest BCUT2D eigenvalue weighted by Gasteiger charge is -2.31. The van der Waals surface area contributed by atoms with Crippen LogP contribution in [-0.4, -0.2) is 45.8 Å². The largest absolute Gasteiger partial charge is 0.263 e. The second kappa shape index (κ2) is 8.74. The van der Waals surface area contributed by atoms with Crippen LogP contribution in [0.5, 0.6) is 0 Å². The van der Waals surface area contributed by atoms with Crippen molar-refractivity contribution in [3.8, 4) is 0 Å². The van der Waals surface area contributed by atoms with E-state index in [0.717, 1.165) is 22.3 Å². The van der Waals surface area contributed by atoms with Crippen molar-refractivity contribution in [2.75, 3.05) is 19.6 Å². The van der Waals surface area contributed by atoms with Gasteiger partial charge in [-0.3, -0.25) is 4.98 Å². The summed E-state index contributed by atoms with van der Waals surface area (Å²) in [4.78, 5) is 4.43. The van der Waals surface area contributed by atoms with Gasteiger partial charge in [-0.15, -0.1) is 0 Å². The molecule has 2 heterocycles. The van der Waals surface area contributed by atoms with Crippen LogP contribution in [0.15, 0.2) is 40.4 Å². The Morgan fingerprint density at radius 2 is 1.63 bits per heavy atom. The first-order valence-corrected chi connectivity index (χ1v) is 12.9. The Hall–Kier alpha value is -1.81. The highest BCUT2D eigenvalue weighted by Gasteiger charge is 2.30. The minimum atomic E-state index is -3.64. The van der Waals surface area contributed by atoms with E-state index in [-0.39, 0.29) is 10.8 Å². The Morgan fingerprint density at radius 3 is 2.17 bits per heavy atom. The zero-order valence-corrected chi connectivity index (χ0v) is 19.5. The van der Waals surface area contributed by atoms with E-state index in [9.17, 15) is 16.8 Å². The number of aryl methyl sites for hydroxylation is 2. The summed E-state index contributed by atoms with van der Waals surface area (Å²) in [6, 6.07) is 5.14. The van der Waals surface area contributed by atoms with E-state index in [1.54, 1.807) is 6.07 Å². The van der Waals surface area contributed by atoms with Crippen LogP contribution < -0.4 is 4.72 Å². The molecule has 7 nitrogen and oxygen atoms in total. The first-order valence-electron chi connectivity index (χ1n) is 10.0. The number of nitrogens with zero attached hydrogens (tertiary/aromatic N) is 2. The number of hydrogen-bond acceptors (Lipinski definition) is 5. The lowest BCUT2D eigenvalue weighted by atomic mass is 9.99. The Bertz CT molecular complexity index is 1100. The number of rotatable bonds is 6. The molecule has 1 aromatic carbocycles. The van der Waals surface area contributed by atoms with Crippen LogP contribution in [0.2, 0.25) is 0 Å². The minimum Gasteiger partial charge on any atom is -0.263 e. The van der Waals surface area contributed by atoms with Gasteiger partial charge >= 0.3 is 0 Å². The number of piperidine rings is 1. The zero-order valence-electron chi connectivity index (χ0n) is 17.8. The molecule has 0 atom stereocenters. The van der Waals surface area contributed by atoms with Crippen LogP contribution in [0.1, 0.15) is 35.1 Å². The van der Waals surface area contributed by atoms with E-state index < -0.39 is 20.0 Å². The average molecular weight is 452 g/mol. The van der Waals surface area contributed by atoms with Crippen molar-refractivity contribution in [1.82, 2.24) is 14.0 Å². The van der Waals surface area contributed by atoms with Crippen molar-refractivity contribution in [3.63, 3.8) is 0 Å². The molecule has 0 radical (unpaired) electrons. The number of sulfonamides is 2. The molecule has 0 bridgehead atoms. The molecule has 9 heteroatoms. The summed E-state index contributed by atoms with van der Waals surface area (Å²) in [7, 11) is -7.20. The average Bonchev–Trinajstić information content (AvgIpc) is 2.72. The summed E-state index contributed by atoms with van der Waals surface area (Å²) in [5.41, 5.74) is 3.44. The van der Waals surface area contributed by atoms with Crippen molar-refractivity contribution in [2.45, 2.75) is 50.3 Å². The maximum atomic E-state index is 13.0. The number of hydrogen-bond donors (Lipinski definition) is 1. The fourth-order valence-electron chi connectivity index (χ4n) is 3.89. The Morgan fingerprint density at radius 1 is 1.03 bits per heavy atom. The summed E-state index contributed by atoms with van der Waals surface area (Å²) < 4.78 is 55.6. The highest BCUT2D eigenvalue weighted by atomic mass is 32.2. The molecule has 1 aliphatic heterocycles. The van der Waals surface area contributed by atoms with Gasteiger partial charge in [0.05, 0.1) is 4.90 Å². The third-order valence-corrected chi connectivity index (χ3v) is 9.55. The summed E-state index contributed by atoms with van der Waals surface area (Å²) >= 11 is 0. The van der Waals surface area contributed by atoms with Gasteiger partial charge in [0.2, 0.25) is 20.0 Å². The lowest BCUT2D eigenvalue weighted by molar-refractivity contribution is 0.274. The highest BCUT2D eigenvalue weighted by molar-refractivity contribution is 7.89. The third-order valence-electron chi connectivity index (χ3n) is 5.97. The van der Waals surface area contributed by atoms with Gasteiger partial charge in [0.25, 0.3) is 0 Å². The van der Waals surface area contributed by atoms with E-state index in [2.05, 4.69) is 9.71 Å². The van der Waals surface area contributed by atoms with Crippen molar-refractivity contribution in [2.24, 2.45) is 5.92 Å². The first kappa shape index (κ1) is 22.9. The van der Waals surface area contributed by atoms with Crippen molar-refractivity contribution < 1.29 is 16.8 Å². The standard InChI is InChI=1S/C21H29N3O4S2/c1-15-12-16(2)18(4)21(17(15)3)29(25,26)23-13-19-7-10-24(11-8-19)30(27,28)20-6-5-9-22-14-20/h5-6,9,12,14,19,23H,7-8,10-11,13H2,1-4H3. The lowest BCUT2D eigenvalue weighted by Crippen LogP contribution is -2.41. The molecule has 0 amide bonds. The maximum Gasteiger partial charge on any atom is 0.244 e. The molecule has 3 rings (SSSR count). The molecule has 0 saturated carbocycles. The zero-order chi connectivity index (χ0) is 22.1. The van der Waals surface area contributed by atoms with Crippen molar-refractivity contribution >= 4 is 20.0 Å². The molecule has 0 unspecified atom stereocenters. The fraction of sp³-hybridized carbons (Fsp3) is 0.476. The molecule has 1 aromatic heterocycles. The number of benzene rings is 1. The Balaban J connectivity index is 1.65. The van der Waals surface area contributed by atoms with Gasteiger partial charge in [-0.1, -0.05) is 6.07 Å². The minimum absolute atomic E-state index is 0.0895. The fourth-order valence-corrected chi connectivity index (χ4v) is 7.05. The first-order chi connectivity index (χ1) is 14.0. The smallest absolute Gasteiger partial charge is 0.244 e. The van der Waals surface area contributed by atoms with Crippen LogP contribution in [0.25, 0.3) is 0 Å². The van der Waals surface area contributed by atoms with Crippen LogP contribution in [0.3, 0.4) is 0 Å². The molecule has 1 N–H and O–H groups in total. The van der Waals surface area contributed by atoms with Crippen LogP contribution >= 0.6 is 0 Å². The van der Waals surface area contributed by atoms with Crippen LogP contribution in [0.4, 0.5) is 0 Å². The van der Waals surface area contributed by atoms with Gasteiger partial charge in [0.15, 0.2) is 0 Å².